The fraction of sp³-hybridized carbons (Fsp3) is 0.190. The van der Waals surface area contributed by atoms with Crippen LogP contribution in [-0.2, 0) is 9.59 Å². The van der Waals surface area contributed by atoms with E-state index in [2.05, 4.69) is 15.5 Å². The third kappa shape index (κ3) is 4.23. The Kier molecular flexibility index (Phi) is 5.66. The molecule has 0 saturated heterocycles. The van der Waals surface area contributed by atoms with Crippen LogP contribution in [0.4, 0.5) is 5.69 Å². The molecular formula is C21H22N4O2. The van der Waals surface area contributed by atoms with Crippen LogP contribution in [0.2, 0.25) is 0 Å². The number of H-pyrrole nitrogens is 1. The normalized spacial score (nSPS) is 11.6. The molecule has 3 aromatic rings. The summed E-state index contributed by atoms with van der Waals surface area (Å²) < 4.78 is 0. The first-order valence-corrected chi connectivity index (χ1v) is 8.73. The molecule has 0 saturated carbocycles. The number of anilines is 1. The van der Waals surface area contributed by atoms with E-state index in [4.69, 9.17) is 0 Å². The highest BCUT2D eigenvalue weighted by atomic mass is 16.1. The molecule has 0 radical (unpaired) electrons. The zero-order chi connectivity index (χ0) is 19.2. The van der Waals surface area contributed by atoms with Crippen LogP contribution in [0.5, 0.6) is 0 Å². The maximum absolute atomic E-state index is 12.0. The maximum Gasteiger partial charge on any atom is 0.216 e. The molecule has 138 valence electrons. The van der Waals surface area contributed by atoms with Gasteiger partial charge in [0.05, 0.1) is 12.2 Å². The van der Waals surface area contributed by atoms with Crippen LogP contribution in [-0.4, -0.2) is 29.1 Å². The Morgan fingerprint density at radius 3 is 2.63 bits per heavy atom. The van der Waals surface area contributed by atoms with Crippen molar-refractivity contribution in [2.24, 2.45) is 0 Å². The molecule has 1 heterocycles. The molecular weight excluding hydrogens is 340 g/mol. The minimum atomic E-state index is -0.299. The summed E-state index contributed by atoms with van der Waals surface area (Å²) in [4.78, 5) is 25.1. The van der Waals surface area contributed by atoms with Crippen molar-refractivity contribution in [1.82, 2.24) is 15.5 Å². The highest BCUT2D eigenvalue weighted by Gasteiger charge is 2.21. The standard InChI is InChI=1S/C21H22N4O2/c1-15-10-19(8-9-20(15)18-11-23-24-12-18)25(14-26)21(13-22-16(2)27)17-6-4-3-5-7-17/h3-12,14,21H,13H2,1-2H3,(H,22,27)(H,23,24)/t21-/m0/s1. The molecule has 2 N–H and O–H groups in total. The van der Waals surface area contributed by atoms with Gasteiger partial charge in [-0.25, -0.2) is 0 Å². The van der Waals surface area contributed by atoms with Gasteiger partial charge in [0.1, 0.15) is 0 Å². The molecule has 27 heavy (non-hydrogen) atoms. The number of aryl methyl sites for hydroxylation is 1. The molecule has 3 rings (SSSR count). The van der Waals surface area contributed by atoms with Crippen molar-refractivity contribution in [2.45, 2.75) is 19.9 Å². The van der Waals surface area contributed by atoms with Crippen molar-refractivity contribution in [1.29, 1.82) is 0 Å². The predicted octanol–water partition coefficient (Wildman–Crippen LogP) is 3.23. The zero-order valence-electron chi connectivity index (χ0n) is 15.3. The van der Waals surface area contributed by atoms with E-state index in [9.17, 15) is 9.59 Å². The Bertz CT molecular complexity index is 907. The van der Waals surface area contributed by atoms with Crippen LogP contribution in [0.15, 0.2) is 60.9 Å². The Morgan fingerprint density at radius 1 is 1.26 bits per heavy atom. The van der Waals surface area contributed by atoms with E-state index in [-0.39, 0.29) is 11.9 Å². The van der Waals surface area contributed by atoms with Gasteiger partial charge in [0, 0.05) is 30.9 Å². The van der Waals surface area contributed by atoms with Crippen LogP contribution in [0.25, 0.3) is 11.1 Å². The van der Waals surface area contributed by atoms with Gasteiger partial charge in [-0.15, -0.1) is 0 Å². The molecule has 0 unspecified atom stereocenters. The average Bonchev–Trinajstić information content (AvgIpc) is 3.20. The number of aromatic amines is 1. The topological polar surface area (TPSA) is 78.1 Å². The summed E-state index contributed by atoms with van der Waals surface area (Å²) in [5, 5.41) is 9.63. The number of hydrogen-bond donors (Lipinski definition) is 2. The van der Waals surface area contributed by atoms with Crippen molar-refractivity contribution >= 4 is 18.0 Å². The molecule has 6 heteroatoms. The number of hydrogen-bond acceptors (Lipinski definition) is 3. The third-order valence-corrected chi connectivity index (χ3v) is 4.50. The van der Waals surface area contributed by atoms with Crippen molar-refractivity contribution in [3.05, 3.63) is 72.1 Å². The molecule has 0 aliphatic heterocycles. The molecule has 0 spiro atoms. The molecule has 2 aromatic carbocycles. The molecule has 6 nitrogen and oxygen atoms in total. The van der Waals surface area contributed by atoms with Gasteiger partial charge in [0.15, 0.2) is 0 Å². The van der Waals surface area contributed by atoms with E-state index in [1.165, 1.54) is 6.92 Å². The van der Waals surface area contributed by atoms with E-state index in [1.807, 2.05) is 61.7 Å². The van der Waals surface area contributed by atoms with Gasteiger partial charge in [0.2, 0.25) is 12.3 Å². The van der Waals surface area contributed by atoms with Crippen LogP contribution in [0.1, 0.15) is 24.1 Å². The first-order valence-electron chi connectivity index (χ1n) is 8.73. The number of carbonyl (C=O) groups excluding carboxylic acids is 2. The van der Waals surface area contributed by atoms with E-state index in [0.29, 0.717) is 6.54 Å². The monoisotopic (exact) mass is 362 g/mol. The summed E-state index contributed by atoms with van der Waals surface area (Å²) in [6.07, 6.45) is 4.41. The van der Waals surface area contributed by atoms with Crippen LogP contribution < -0.4 is 10.2 Å². The molecule has 0 fully saturated rings. The highest BCUT2D eigenvalue weighted by Crippen LogP contribution is 2.30. The maximum atomic E-state index is 12.0. The lowest BCUT2D eigenvalue weighted by Gasteiger charge is -2.29. The van der Waals surface area contributed by atoms with Gasteiger partial charge in [-0.3, -0.25) is 14.7 Å². The quantitative estimate of drug-likeness (QED) is 0.634. The van der Waals surface area contributed by atoms with Crippen molar-refractivity contribution in [3.63, 3.8) is 0 Å². The van der Waals surface area contributed by atoms with Crippen LogP contribution in [0, 0.1) is 6.92 Å². The number of benzene rings is 2. The fourth-order valence-electron chi connectivity index (χ4n) is 3.14. The van der Waals surface area contributed by atoms with Crippen LogP contribution >= 0.6 is 0 Å². The van der Waals surface area contributed by atoms with E-state index >= 15 is 0 Å². The minimum Gasteiger partial charge on any atom is -0.354 e. The van der Waals surface area contributed by atoms with Gasteiger partial charge in [-0.05, 0) is 35.7 Å². The van der Waals surface area contributed by atoms with E-state index in [0.717, 1.165) is 34.4 Å². The molecule has 0 aliphatic carbocycles. The van der Waals surface area contributed by atoms with E-state index in [1.54, 1.807) is 11.1 Å². The summed E-state index contributed by atoms with van der Waals surface area (Å²) in [5.74, 6) is -0.131. The lowest BCUT2D eigenvalue weighted by Crippen LogP contribution is -2.36. The van der Waals surface area contributed by atoms with E-state index < -0.39 is 0 Å². The van der Waals surface area contributed by atoms with Crippen molar-refractivity contribution < 1.29 is 9.59 Å². The minimum absolute atomic E-state index is 0.131. The average molecular weight is 362 g/mol. The largest absolute Gasteiger partial charge is 0.354 e. The Hall–Kier alpha value is -3.41. The second kappa shape index (κ2) is 8.31. The summed E-state index contributed by atoms with van der Waals surface area (Å²) in [6, 6.07) is 15.2. The molecule has 1 atom stereocenters. The Morgan fingerprint density at radius 2 is 2.04 bits per heavy atom. The summed E-state index contributed by atoms with van der Waals surface area (Å²) in [5.41, 5.74) is 4.81. The molecule has 2 amide bonds. The Labute approximate surface area is 158 Å². The third-order valence-electron chi connectivity index (χ3n) is 4.50. The van der Waals surface area contributed by atoms with Gasteiger partial charge < -0.3 is 10.2 Å². The van der Waals surface area contributed by atoms with Gasteiger partial charge in [-0.2, -0.15) is 5.10 Å². The number of aromatic nitrogens is 2. The number of nitrogens with one attached hydrogen (secondary N) is 2. The van der Waals surface area contributed by atoms with Gasteiger partial charge in [-0.1, -0.05) is 36.4 Å². The lowest BCUT2D eigenvalue weighted by molar-refractivity contribution is -0.119. The molecule has 1 aromatic heterocycles. The first kappa shape index (κ1) is 18.4. The summed E-state index contributed by atoms with van der Waals surface area (Å²) in [6.45, 7) is 3.80. The highest BCUT2D eigenvalue weighted by molar-refractivity contribution is 5.80. The predicted molar refractivity (Wildman–Crippen MR) is 105 cm³/mol. The zero-order valence-corrected chi connectivity index (χ0v) is 15.3. The second-order valence-corrected chi connectivity index (χ2v) is 6.36. The summed E-state index contributed by atoms with van der Waals surface area (Å²) in [7, 11) is 0. The van der Waals surface area contributed by atoms with Gasteiger partial charge >= 0.3 is 0 Å². The number of carbonyl (C=O) groups is 2. The number of amides is 2. The van der Waals surface area contributed by atoms with Gasteiger partial charge in [0.25, 0.3) is 0 Å². The molecule has 0 aliphatic rings. The lowest BCUT2D eigenvalue weighted by atomic mass is 10.0. The Balaban J connectivity index is 1.96. The smallest absolute Gasteiger partial charge is 0.216 e. The second-order valence-electron chi connectivity index (χ2n) is 6.36. The fourth-order valence-corrected chi connectivity index (χ4v) is 3.14. The first-order chi connectivity index (χ1) is 13.1. The SMILES string of the molecule is CC(=O)NC[C@@H](c1ccccc1)N(C=O)c1ccc(-c2cn[nH]c2)c(C)c1. The van der Waals surface area contributed by atoms with Crippen molar-refractivity contribution in [2.75, 3.05) is 11.4 Å². The van der Waals surface area contributed by atoms with Crippen molar-refractivity contribution in [3.8, 4) is 11.1 Å². The number of rotatable bonds is 7. The van der Waals surface area contributed by atoms with Crippen LogP contribution in [0.3, 0.4) is 0 Å². The molecule has 0 bridgehead atoms. The summed E-state index contributed by atoms with van der Waals surface area (Å²) >= 11 is 0. The number of nitrogens with zero attached hydrogens (tertiary/aromatic N) is 2.